The van der Waals surface area contributed by atoms with Gasteiger partial charge in [-0.3, -0.25) is 9.69 Å². The highest BCUT2D eigenvalue weighted by molar-refractivity contribution is 7.11. The number of thiazole rings is 1. The molecule has 31 heavy (non-hydrogen) atoms. The molecule has 1 amide bonds. The summed E-state index contributed by atoms with van der Waals surface area (Å²) in [6.07, 6.45) is 6.60. The molecule has 1 aromatic carbocycles. The second-order valence-corrected chi connectivity index (χ2v) is 8.99. The first-order chi connectivity index (χ1) is 15.2. The fraction of sp³-hybridized carbons (Fsp3) is 0.565. The number of hydrogen-bond donors (Lipinski definition) is 0. The molecule has 2 aliphatic heterocycles. The Kier molecular flexibility index (Phi) is 7.29. The SMILES string of the molecule is COc1ccc(CC(=O)N2CCC(N3CCC(Oc4nccs4)CC3)CC2)cc1OC. The van der Waals surface area contributed by atoms with Gasteiger partial charge < -0.3 is 19.1 Å². The van der Waals surface area contributed by atoms with E-state index in [1.165, 1.54) is 0 Å². The van der Waals surface area contributed by atoms with Crippen molar-refractivity contribution in [1.29, 1.82) is 0 Å². The first kappa shape index (κ1) is 21.9. The molecule has 0 N–H and O–H groups in total. The highest BCUT2D eigenvalue weighted by Crippen LogP contribution is 2.28. The van der Waals surface area contributed by atoms with Crippen LogP contribution in [-0.4, -0.2) is 73.2 Å². The number of methoxy groups -OCH3 is 2. The molecule has 0 saturated carbocycles. The topological polar surface area (TPSA) is 64.1 Å². The number of carbonyl (C=O) groups excluding carboxylic acids is 1. The van der Waals surface area contributed by atoms with Gasteiger partial charge >= 0.3 is 0 Å². The third-order valence-corrected chi connectivity index (χ3v) is 6.95. The summed E-state index contributed by atoms with van der Waals surface area (Å²) in [5.41, 5.74) is 0.951. The maximum atomic E-state index is 12.8. The van der Waals surface area contributed by atoms with Crippen LogP contribution in [0.2, 0.25) is 0 Å². The number of rotatable bonds is 7. The predicted octanol–water partition coefficient (Wildman–Crippen LogP) is 3.24. The molecule has 0 aliphatic carbocycles. The van der Waals surface area contributed by atoms with Crippen molar-refractivity contribution in [2.75, 3.05) is 40.4 Å². The van der Waals surface area contributed by atoms with Gasteiger partial charge in [0.15, 0.2) is 11.5 Å². The monoisotopic (exact) mass is 445 g/mol. The first-order valence-corrected chi connectivity index (χ1v) is 11.8. The number of ether oxygens (including phenoxy) is 3. The minimum atomic E-state index is 0.182. The van der Waals surface area contributed by atoms with Crippen molar-refractivity contribution in [3.63, 3.8) is 0 Å². The lowest BCUT2D eigenvalue weighted by Crippen LogP contribution is -2.50. The number of carbonyl (C=O) groups is 1. The highest BCUT2D eigenvalue weighted by atomic mass is 32.1. The molecule has 0 unspecified atom stereocenters. The first-order valence-electron chi connectivity index (χ1n) is 10.9. The average Bonchev–Trinajstić information content (AvgIpc) is 3.32. The number of hydrogen-bond acceptors (Lipinski definition) is 7. The molecule has 0 radical (unpaired) electrons. The largest absolute Gasteiger partial charge is 0.493 e. The molecule has 2 saturated heterocycles. The van der Waals surface area contributed by atoms with Gasteiger partial charge in [-0.05, 0) is 43.4 Å². The lowest BCUT2D eigenvalue weighted by atomic mass is 9.98. The van der Waals surface area contributed by atoms with E-state index >= 15 is 0 Å². The minimum absolute atomic E-state index is 0.182. The van der Waals surface area contributed by atoms with Crippen LogP contribution < -0.4 is 14.2 Å². The normalized spacial score (nSPS) is 18.7. The zero-order chi connectivity index (χ0) is 21.6. The molecule has 8 heteroatoms. The molecule has 2 aliphatic rings. The van der Waals surface area contributed by atoms with Crippen molar-refractivity contribution in [3.8, 4) is 16.7 Å². The number of nitrogens with zero attached hydrogens (tertiary/aromatic N) is 3. The summed E-state index contributed by atoms with van der Waals surface area (Å²) in [5.74, 6) is 1.52. The molecule has 3 heterocycles. The Morgan fingerprint density at radius 1 is 1.06 bits per heavy atom. The van der Waals surface area contributed by atoms with Gasteiger partial charge in [-0.15, -0.1) is 0 Å². The quantitative estimate of drug-likeness (QED) is 0.652. The van der Waals surface area contributed by atoms with E-state index in [2.05, 4.69) is 9.88 Å². The molecule has 1 aromatic heterocycles. The molecular formula is C23H31N3O4S. The van der Waals surface area contributed by atoms with Gasteiger partial charge in [0.05, 0.1) is 20.6 Å². The lowest BCUT2D eigenvalue weighted by Gasteiger charge is -2.41. The van der Waals surface area contributed by atoms with Gasteiger partial charge in [0.2, 0.25) is 5.91 Å². The van der Waals surface area contributed by atoms with E-state index in [0.29, 0.717) is 24.0 Å². The van der Waals surface area contributed by atoms with Gasteiger partial charge in [0.1, 0.15) is 6.10 Å². The van der Waals surface area contributed by atoms with Gasteiger partial charge in [-0.25, -0.2) is 4.98 Å². The van der Waals surface area contributed by atoms with Crippen LogP contribution >= 0.6 is 11.3 Å². The summed E-state index contributed by atoms with van der Waals surface area (Å²) >= 11 is 1.55. The Labute approximate surface area is 187 Å². The van der Waals surface area contributed by atoms with Crippen molar-refractivity contribution in [2.24, 2.45) is 0 Å². The number of amides is 1. The van der Waals surface area contributed by atoms with E-state index in [4.69, 9.17) is 14.2 Å². The van der Waals surface area contributed by atoms with Crippen LogP contribution in [0.15, 0.2) is 29.8 Å². The van der Waals surface area contributed by atoms with Crippen LogP contribution in [0.25, 0.3) is 0 Å². The van der Waals surface area contributed by atoms with E-state index in [1.807, 2.05) is 28.5 Å². The predicted molar refractivity (Wildman–Crippen MR) is 120 cm³/mol. The molecule has 2 fully saturated rings. The van der Waals surface area contributed by atoms with E-state index in [-0.39, 0.29) is 12.0 Å². The van der Waals surface area contributed by atoms with Crippen molar-refractivity contribution >= 4 is 17.2 Å². The van der Waals surface area contributed by atoms with Gasteiger partial charge in [-0.1, -0.05) is 17.4 Å². The maximum absolute atomic E-state index is 12.8. The summed E-state index contributed by atoms with van der Waals surface area (Å²) < 4.78 is 16.6. The summed E-state index contributed by atoms with van der Waals surface area (Å²) in [6, 6.07) is 6.24. The molecule has 168 valence electrons. The Morgan fingerprint density at radius 3 is 2.45 bits per heavy atom. The van der Waals surface area contributed by atoms with Crippen molar-refractivity contribution in [2.45, 2.75) is 44.2 Å². The molecule has 7 nitrogen and oxygen atoms in total. The van der Waals surface area contributed by atoms with Crippen LogP contribution in [0.1, 0.15) is 31.2 Å². The Balaban J connectivity index is 1.22. The van der Waals surface area contributed by atoms with Crippen molar-refractivity contribution in [3.05, 3.63) is 35.3 Å². The average molecular weight is 446 g/mol. The fourth-order valence-electron chi connectivity index (χ4n) is 4.53. The smallest absolute Gasteiger partial charge is 0.273 e. The highest BCUT2D eigenvalue weighted by Gasteiger charge is 2.30. The zero-order valence-electron chi connectivity index (χ0n) is 18.3. The van der Waals surface area contributed by atoms with Gasteiger partial charge in [-0.2, -0.15) is 0 Å². The Morgan fingerprint density at radius 2 is 1.81 bits per heavy atom. The summed E-state index contributed by atoms with van der Waals surface area (Å²) in [6.45, 7) is 3.76. The van der Waals surface area contributed by atoms with Crippen LogP contribution in [-0.2, 0) is 11.2 Å². The number of likely N-dealkylation sites (tertiary alicyclic amines) is 2. The van der Waals surface area contributed by atoms with E-state index < -0.39 is 0 Å². The van der Waals surface area contributed by atoms with E-state index in [9.17, 15) is 4.79 Å². The third kappa shape index (κ3) is 5.49. The van der Waals surface area contributed by atoms with Crippen molar-refractivity contribution < 1.29 is 19.0 Å². The minimum Gasteiger partial charge on any atom is -0.493 e. The maximum Gasteiger partial charge on any atom is 0.273 e. The van der Waals surface area contributed by atoms with Crippen molar-refractivity contribution in [1.82, 2.24) is 14.8 Å². The lowest BCUT2D eigenvalue weighted by molar-refractivity contribution is -0.132. The molecule has 4 rings (SSSR count). The number of aromatic nitrogens is 1. The van der Waals surface area contributed by atoms with Crippen LogP contribution in [0.5, 0.6) is 16.7 Å². The molecule has 0 spiro atoms. The second kappa shape index (κ2) is 10.3. The molecule has 2 aromatic rings. The zero-order valence-corrected chi connectivity index (χ0v) is 19.1. The van der Waals surface area contributed by atoms with Crippen LogP contribution in [0.3, 0.4) is 0 Å². The van der Waals surface area contributed by atoms with Gasteiger partial charge in [0.25, 0.3) is 5.19 Å². The summed E-state index contributed by atoms with van der Waals surface area (Å²) in [4.78, 5) is 21.6. The fourth-order valence-corrected chi connectivity index (χ4v) is 5.08. The molecule has 0 atom stereocenters. The van der Waals surface area contributed by atoms with E-state index in [0.717, 1.165) is 62.6 Å². The van der Waals surface area contributed by atoms with Crippen LogP contribution in [0.4, 0.5) is 0 Å². The summed E-state index contributed by atoms with van der Waals surface area (Å²) in [7, 11) is 3.23. The Hall–Kier alpha value is -2.32. The molecule has 0 bridgehead atoms. The third-order valence-electron chi connectivity index (χ3n) is 6.29. The second-order valence-electron chi connectivity index (χ2n) is 8.13. The number of benzene rings is 1. The molecular weight excluding hydrogens is 414 g/mol. The van der Waals surface area contributed by atoms with Gasteiger partial charge in [0, 0.05) is 43.8 Å². The Bertz CT molecular complexity index is 845. The summed E-state index contributed by atoms with van der Waals surface area (Å²) in [5, 5.41) is 2.73. The van der Waals surface area contributed by atoms with E-state index in [1.54, 1.807) is 31.8 Å². The number of piperidine rings is 2. The standard InChI is InChI=1S/C23H31N3O4S/c1-28-20-4-3-17(15-21(20)29-2)16-22(27)26-10-5-18(6-11-26)25-12-7-19(8-13-25)30-23-24-9-14-31-23/h3-4,9,14-15,18-19H,5-8,10-13,16H2,1-2H3. The van der Waals surface area contributed by atoms with Crippen LogP contribution in [0, 0.1) is 0 Å².